The number of benzene rings is 3. The Hall–Kier alpha value is -5.96. The van der Waals surface area contributed by atoms with Gasteiger partial charge in [0.15, 0.2) is 0 Å². The fourth-order valence-electron chi connectivity index (χ4n) is 6.42. The fraction of sp³-hybridized carbons (Fsp3) is 0.400. The normalized spacial score (nSPS) is 16.5. The summed E-state index contributed by atoms with van der Waals surface area (Å²) in [5, 5.41) is 40.5. The second-order valence-electron chi connectivity index (χ2n) is 13.8. The minimum atomic E-state index is -1.34. The number of phenols is 2. The lowest BCUT2D eigenvalue weighted by Crippen LogP contribution is -2.60. The molecule has 0 aromatic heterocycles. The molecule has 294 valence electrons. The summed E-state index contributed by atoms with van der Waals surface area (Å²) in [7, 11) is 0. The molecule has 1 aliphatic rings. The first kappa shape index (κ1) is 41.8. The third kappa shape index (κ3) is 12.0. The van der Waals surface area contributed by atoms with Gasteiger partial charge in [0.25, 0.3) is 0 Å². The zero-order valence-electron chi connectivity index (χ0n) is 30.9. The lowest BCUT2D eigenvalue weighted by atomic mass is 9.96. The number of carbonyl (C=O) groups is 6. The molecule has 1 aliphatic heterocycles. The predicted octanol–water partition coefficient (Wildman–Crippen LogP) is 1.15. The summed E-state index contributed by atoms with van der Waals surface area (Å²) < 4.78 is 0. The van der Waals surface area contributed by atoms with Crippen molar-refractivity contribution < 1.29 is 44.1 Å². The number of nitrogens with zero attached hydrogens (tertiary/aromatic N) is 1. The van der Waals surface area contributed by atoms with E-state index in [9.17, 15) is 44.1 Å². The van der Waals surface area contributed by atoms with Crippen LogP contribution in [0.5, 0.6) is 11.5 Å². The van der Waals surface area contributed by atoms with Gasteiger partial charge in [0.2, 0.25) is 29.5 Å². The molecule has 6 unspecified atom stereocenters. The number of nitrogens with two attached hydrogens (primary N) is 1. The Balaban J connectivity index is 1.61. The number of hydrogen-bond acceptors (Lipinski definition) is 9. The minimum Gasteiger partial charge on any atom is -0.508 e. The molecule has 3 aromatic carbocycles. The van der Waals surface area contributed by atoms with Crippen LogP contribution in [0.1, 0.15) is 49.8 Å². The lowest BCUT2D eigenvalue weighted by molar-refractivity contribution is -0.142. The number of carbonyl (C=O) groups excluding carboxylic acids is 5. The molecule has 0 aliphatic carbocycles. The second-order valence-corrected chi connectivity index (χ2v) is 13.8. The Morgan fingerprint density at radius 3 is 1.67 bits per heavy atom. The Labute approximate surface area is 319 Å². The highest BCUT2D eigenvalue weighted by atomic mass is 16.4. The monoisotopic (exact) mass is 758 g/mol. The number of rotatable bonds is 18. The molecule has 9 N–H and O–H groups in total. The first-order valence-electron chi connectivity index (χ1n) is 18.3. The molecule has 6 atom stereocenters. The molecule has 0 saturated carbocycles. The summed E-state index contributed by atoms with van der Waals surface area (Å²) in [6, 6.07) is 14.8. The summed E-state index contributed by atoms with van der Waals surface area (Å²) >= 11 is 0. The number of nitrogens with one attached hydrogen (secondary N) is 4. The topological polar surface area (TPSA) is 240 Å². The van der Waals surface area contributed by atoms with Crippen molar-refractivity contribution in [2.75, 3.05) is 13.1 Å². The maximum Gasteiger partial charge on any atom is 0.326 e. The highest BCUT2D eigenvalue weighted by Crippen LogP contribution is 2.19. The van der Waals surface area contributed by atoms with Gasteiger partial charge >= 0.3 is 5.97 Å². The largest absolute Gasteiger partial charge is 0.508 e. The fourth-order valence-corrected chi connectivity index (χ4v) is 6.42. The third-order valence-corrected chi connectivity index (χ3v) is 9.76. The van der Waals surface area contributed by atoms with E-state index in [0.717, 1.165) is 0 Å². The van der Waals surface area contributed by atoms with Gasteiger partial charge in [-0.2, -0.15) is 0 Å². The number of aliphatic carboxylic acids is 1. The summed E-state index contributed by atoms with van der Waals surface area (Å²) in [6.07, 6.45) is 1.27. The molecule has 15 heteroatoms. The van der Waals surface area contributed by atoms with Gasteiger partial charge in [0.05, 0.1) is 6.54 Å². The van der Waals surface area contributed by atoms with Gasteiger partial charge in [-0.15, -0.1) is 0 Å². The van der Waals surface area contributed by atoms with Crippen LogP contribution in [0.15, 0.2) is 78.9 Å². The second kappa shape index (κ2) is 19.9. The van der Waals surface area contributed by atoms with Crippen LogP contribution < -0.4 is 27.0 Å². The number of hydrogen-bond donors (Lipinski definition) is 8. The summed E-state index contributed by atoms with van der Waals surface area (Å²) in [6.45, 7) is 3.71. The third-order valence-electron chi connectivity index (χ3n) is 9.76. The summed E-state index contributed by atoms with van der Waals surface area (Å²) in [4.78, 5) is 81.6. The maximum absolute atomic E-state index is 14.2. The van der Waals surface area contributed by atoms with Crippen LogP contribution in [0.25, 0.3) is 0 Å². The predicted molar refractivity (Wildman–Crippen MR) is 202 cm³/mol. The van der Waals surface area contributed by atoms with E-state index in [4.69, 9.17) is 5.73 Å². The van der Waals surface area contributed by atoms with Gasteiger partial charge in [0, 0.05) is 25.8 Å². The summed E-state index contributed by atoms with van der Waals surface area (Å²) in [5.41, 5.74) is 7.32. The van der Waals surface area contributed by atoms with Crippen molar-refractivity contribution >= 4 is 35.5 Å². The van der Waals surface area contributed by atoms with Crippen molar-refractivity contribution in [1.29, 1.82) is 0 Å². The first-order valence-corrected chi connectivity index (χ1v) is 18.3. The molecule has 1 saturated heterocycles. The maximum atomic E-state index is 14.2. The van der Waals surface area contributed by atoms with E-state index in [-0.39, 0.29) is 43.2 Å². The number of aromatic hydroxyl groups is 2. The zero-order chi connectivity index (χ0) is 40.1. The van der Waals surface area contributed by atoms with Crippen LogP contribution in [0.3, 0.4) is 0 Å². The number of phenolic OH excluding ortho intramolecular Hbond substituents is 2. The van der Waals surface area contributed by atoms with Crippen LogP contribution in [0.2, 0.25) is 0 Å². The average Bonchev–Trinajstić information content (AvgIpc) is 3.68. The van der Waals surface area contributed by atoms with Crippen LogP contribution >= 0.6 is 0 Å². The van der Waals surface area contributed by atoms with Crippen LogP contribution in [-0.4, -0.2) is 99.0 Å². The van der Waals surface area contributed by atoms with Gasteiger partial charge in [-0.05, 0) is 59.7 Å². The molecule has 55 heavy (non-hydrogen) atoms. The van der Waals surface area contributed by atoms with E-state index in [1.807, 2.05) is 6.92 Å². The smallest absolute Gasteiger partial charge is 0.326 e. The number of likely N-dealkylation sites (tertiary alicyclic amines) is 1. The quantitative estimate of drug-likeness (QED) is 0.0921. The standard InChI is InChI=1S/C40H50N6O9/c1-3-24(2)35(45-38(52)33-10-7-19-46(33)34(49)23-41)39(53)43-31(21-27-13-17-29(48)18-14-27)36(50)42-30(20-26-11-15-28(47)16-12-26)37(51)44-32(40(54)55)22-25-8-5-4-6-9-25/h4-6,8-9,11-18,24,30-33,35,47-48H,3,7,10,19-23,41H2,1-2H3,(H,42,50)(H,43,53)(H,44,51)(H,45,52)(H,54,55). The molecule has 1 fully saturated rings. The Kier molecular flexibility index (Phi) is 15.1. The van der Waals surface area contributed by atoms with Gasteiger partial charge in [-0.25, -0.2) is 4.79 Å². The molecule has 3 aromatic rings. The van der Waals surface area contributed by atoms with E-state index in [0.29, 0.717) is 42.5 Å². The molecule has 0 bridgehead atoms. The Morgan fingerprint density at radius 1 is 0.709 bits per heavy atom. The van der Waals surface area contributed by atoms with Crippen molar-refractivity contribution in [2.24, 2.45) is 11.7 Å². The van der Waals surface area contributed by atoms with Crippen molar-refractivity contribution in [3.63, 3.8) is 0 Å². The van der Waals surface area contributed by atoms with Crippen molar-refractivity contribution in [1.82, 2.24) is 26.2 Å². The van der Waals surface area contributed by atoms with Gasteiger partial charge in [-0.1, -0.05) is 74.9 Å². The van der Waals surface area contributed by atoms with Gasteiger partial charge in [-0.3, -0.25) is 24.0 Å². The molecule has 0 spiro atoms. The first-order chi connectivity index (χ1) is 26.3. The highest BCUT2D eigenvalue weighted by molar-refractivity contribution is 5.96. The number of carboxylic acids is 1. The van der Waals surface area contributed by atoms with Crippen molar-refractivity contribution in [3.05, 3.63) is 95.6 Å². The van der Waals surface area contributed by atoms with Gasteiger partial charge < -0.3 is 47.2 Å². The van der Waals surface area contributed by atoms with E-state index in [1.54, 1.807) is 61.5 Å². The van der Waals surface area contributed by atoms with E-state index in [1.165, 1.54) is 29.2 Å². The van der Waals surface area contributed by atoms with Crippen molar-refractivity contribution in [3.8, 4) is 11.5 Å². The molecule has 0 radical (unpaired) electrons. The van der Waals surface area contributed by atoms with Crippen molar-refractivity contribution in [2.45, 2.75) is 82.6 Å². The number of amides is 5. The molecule has 4 rings (SSSR count). The molecular formula is C40H50N6O9. The van der Waals surface area contributed by atoms with Crippen LogP contribution in [-0.2, 0) is 48.0 Å². The SMILES string of the molecule is CCC(C)C(NC(=O)C1CCCN1C(=O)CN)C(=O)NC(Cc1ccc(O)cc1)C(=O)NC(Cc1ccc(O)cc1)C(=O)NC(Cc1ccccc1)C(=O)O. The zero-order valence-corrected chi connectivity index (χ0v) is 30.9. The van der Waals surface area contributed by atoms with Gasteiger partial charge in [0.1, 0.15) is 41.7 Å². The molecule has 5 amide bonds. The highest BCUT2D eigenvalue weighted by Gasteiger charge is 2.38. The average molecular weight is 759 g/mol. The molecule has 15 nitrogen and oxygen atoms in total. The Morgan fingerprint density at radius 2 is 1.18 bits per heavy atom. The van der Waals surface area contributed by atoms with E-state index < -0.39 is 65.7 Å². The van der Waals surface area contributed by atoms with Crippen LogP contribution in [0.4, 0.5) is 0 Å². The minimum absolute atomic E-state index is 0.0171. The molecular weight excluding hydrogens is 708 g/mol. The van der Waals surface area contributed by atoms with E-state index in [2.05, 4.69) is 21.3 Å². The molecule has 1 heterocycles. The lowest BCUT2D eigenvalue weighted by Gasteiger charge is -2.30. The van der Waals surface area contributed by atoms with E-state index >= 15 is 0 Å². The Bertz CT molecular complexity index is 1790. The summed E-state index contributed by atoms with van der Waals surface area (Å²) in [5.74, 6) is -4.86. The number of carboxylic acid groups (broad SMARTS) is 1. The van der Waals surface area contributed by atoms with Crippen LogP contribution in [0, 0.1) is 5.92 Å².